The molecule has 126 valence electrons. The summed E-state index contributed by atoms with van der Waals surface area (Å²) in [4.78, 5) is 4.49. The summed E-state index contributed by atoms with van der Waals surface area (Å²) in [5.41, 5.74) is 1.00. The van der Waals surface area contributed by atoms with E-state index in [1.807, 2.05) is 19.9 Å². The topological polar surface area (TPSA) is 83.7 Å². The first kappa shape index (κ1) is 19.3. The molecule has 8 heteroatoms. The van der Waals surface area contributed by atoms with E-state index in [0.29, 0.717) is 24.8 Å². The zero-order valence-electron chi connectivity index (χ0n) is 12.9. The Morgan fingerprint density at radius 1 is 1.50 bits per heavy atom. The number of aliphatic imine (C=N–C) groups is 1. The molecular formula is C14H24IN3O3S. The molecule has 0 bridgehead atoms. The number of nitrogens with one attached hydrogen (secondary N) is 2. The van der Waals surface area contributed by atoms with Crippen LogP contribution in [0.15, 0.2) is 28.0 Å². The summed E-state index contributed by atoms with van der Waals surface area (Å²) in [6.45, 7) is 5.23. The van der Waals surface area contributed by atoms with Crippen LogP contribution in [0.25, 0.3) is 0 Å². The fourth-order valence-electron chi connectivity index (χ4n) is 2.25. The molecule has 1 unspecified atom stereocenters. The van der Waals surface area contributed by atoms with Crippen LogP contribution in [0.5, 0.6) is 0 Å². The second-order valence-corrected chi connectivity index (χ2v) is 7.97. The van der Waals surface area contributed by atoms with E-state index in [1.165, 1.54) is 0 Å². The normalized spacial score (nSPS) is 20.7. The highest BCUT2D eigenvalue weighted by atomic mass is 127. The van der Waals surface area contributed by atoms with Gasteiger partial charge in [-0.05, 0) is 32.3 Å². The molecule has 1 aromatic heterocycles. The summed E-state index contributed by atoms with van der Waals surface area (Å²) in [6.07, 6.45) is 4.02. The Morgan fingerprint density at radius 3 is 2.82 bits per heavy atom. The van der Waals surface area contributed by atoms with E-state index in [9.17, 15) is 8.42 Å². The third-order valence-electron chi connectivity index (χ3n) is 3.31. The fourth-order valence-corrected chi connectivity index (χ4v) is 4.11. The van der Waals surface area contributed by atoms with Gasteiger partial charge in [-0.1, -0.05) is 0 Å². The lowest BCUT2D eigenvalue weighted by Crippen LogP contribution is -2.43. The average molecular weight is 441 g/mol. The number of rotatable bonds is 5. The first-order chi connectivity index (χ1) is 9.94. The third-order valence-corrected chi connectivity index (χ3v) is 5.15. The van der Waals surface area contributed by atoms with Crippen molar-refractivity contribution in [1.29, 1.82) is 0 Å². The first-order valence-corrected chi connectivity index (χ1v) is 9.03. The molecule has 1 atom stereocenters. The number of guanidine groups is 1. The van der Waals surface area contributed by atoms with E-state index in [2.05, 4.69) is 15.6 Å². The number of hydrogen-bond acceptors (Lipinski definition) is 4. The van der Waals surface area contributed by atoms with E-state index in [1.54, 1.807) is 12.5 Å². The monoisotopic (exact) mass is 441 g/mol. The van der Waals surface area contributed by atoms with Crippen LogP contribution in [0.4, 0.5) is 0 Å². The van der Waals surface area contributed by atoms with E-state index in [4.69, 9.17) is 4.42 Å². The van der Waals surface area contributed by atoms with Crippen molar-refractivity contribution in [3.05, 3.63) is 24.2 Å². The van der Waals surface area contributed by atoms with Crippen molar-refractivity contribution in [3.63, 3.8) is 0 Å². The minimum absolute atomic E-state index is 0. The second kappa shape index (κ2) is 8.76. The van der Waals surface area contributed by atoms with Crippen LogP contribution in [0.2, 0.25) is 0 Å². The molecule has 1 aliphatic rings. The molecule has 6 nitrogen and oxygen atoms in total. The zero-order valence-corrected chi connectivity index (χ0v) is 16.1. The van der Waals surface area contributed by atoms with Gasteiger partial charge in [0.1, 0.15) is 0 Å². The van der Waals surface area contributed by atoms with E-state index < -0.39 is 9.84 Å². The third kappa shape index (κ3) is 6.55. The van der Waals surface area contributed by atoms with Gasteiger partial charge in [-0.15, -0.1) is 24.0 Å². The molecule has 0 amide bonds. The van der Waals surface area contributed by atoms with Gasteiger partial charge in [0, 0.05) is 18.2 Å². The van der Waals surface area contributed by atoms with Crippen molar-refractivity contribution in [2.75, 3.05) is 18.1 Å². The molecule has 22 heavy (non-hydrogen) atoms. The number of sulfone groups is 1. The van der Waals surface area contributed by atoms with E-state index in [0.717, 1.165) is 12.0 Å². The zero-order chi connectivity index (χ0) is 15.3. The van der Waals surface area contributed by atoms with Gasteiger partial charge in [0.2, 0.25) is 0 Å². The highest BCUT2D eigenvalue weighted by molar-refractivity contribution is 14.0. The Bertz CT molecular complexity index is 570. The number of nitrogens with zero attached hydrogens (tertiary/aromatic N) is 1. The van der Waals surface area contributed by atoms with Gasteiger partial charge in [-0.25, -0.2) is 13.4 Å². The summed E-state index contributed by atoms with van der Waals surface area (Å²) in [6, 6.07) is 2.13. The van der Waals surface area contributed by atoms with E-state index in [-0.39, 0.29) is 41.7 Å². The van der Waals surface area contributed by atoms with Crippen LogP contribution >= 0.6 is 24.0 Å². The predicted octanol–water partition coefficient (Wildman–Crippen LogP) is 1.78. The molecule has 0 spiro atoms. The lowest BCUT2D eigenvalue weighted by molar-refractivity contribution is 0.560. The summed E-state index contributed by atoms with van der Waals surface area (Å²) in [5, 5.41) is 6.48. The number of hydrogen-bond donors (Lipinski definition) is 2. The number of furan rings is 1. The highest BCUT2D eigenvalue weighted by Gasteiger charge is 2.27. The van der Waals surface area contributed by atoms with Crippen molar-refractivity contribution in [2.45, 2.75) is 32.9 Å². The SMILES string of the molecule is CC(C)NC(=NCc1ccoc1)NCC1CCS(=O)(=O)C1.I. The molecule has 2 N–H and O–H groups in total. The van der Waals surface area contributed by atoms with Gasteiger partial charge < -0.3 is 15.1 Å². The lowest BCUT2D eigenvalue weighted by atomic mass is 10.1. The van der Waals surface area contributed by atoms with Gasteiger partial charge in [0.25, 0.3) is 0 Å². The summed E-state index contributed by atoms with van der Waals surface area (Å²) in [7, 11) is -2.83. The van der Waals surface area contributed by atoms with Gasteiger partial charge in [-0.3, -0.25) is 0 Å². The Labute approximate surface area is 149 Å². The Morgan fingerprint density at radius 2 is 2.27 bits per heavy atom. The van der Waals surface area contributed by atoms with Crippen LogP contribution in [-0.4, -0.2) is 38.5 Å². The van der Waals surface area contributed by atoms with E-state index >= 15 is 0 Å². The smallest absolute Gasteiger partial charge is 0.191 e. The molecule has 1 fully saturated rings. The van der Waals surface area contributed by atoms with Gasteiger partial charge in [0.15, 0.2) is 15.8 Å². The minimum atomic E-state index is -2.83. The van der Waals surface area contributed by atoms with Crippen LogP contribution < -0.4 is 10.6 Å². The van der Waals surface area contributed by atoms with Crippen LogP contribution in [0, 0.1) is 5.92 Å². The van der Waals surface area contributed by atoms with Gasteiger partial charge >= 0.3 is 0 Å². The summed E-state index contributed by atoms with van der Waals surface area (Å²) in [5.74, 6) is 1.45. The van der Waals surface area contributed by atoms with Gasteiger partial charge in [0.05, 0.1) is 30.6 Å². The Balaban J connectivity index is 0.00000242. The summed E-state index contributed by atoms with van der Waals surface area (Å²) >= 11 is 0. The van der Waals surface area contributed by atoms with Crippen molar-refractivity contribution >= 4 is 39.8 Å². The molecule has 1 aliphatic heterocycles. The molecule has 0 saturated carbocycles. The first-order valence-electron chi connectivity index (χ1n) is 7.21. The maximum atomic E-state index is 11.5. The average Bonchev–Trinajstić information content (AvgIpc) is 3.01. The molecule has 2 rings (SSSR count). The Kier molecular flexibility index (Phi) is 7.67. The minimum Gasteiger partial charge on any atom is -0.472 e. The maximum absolute atomic E-state index is 11.5. The lowest BCUT2D eigenvalue weighted by Gasteiger charge is -2.17. The van der Waals surface area contributed by atoms with Crippen molar-refractivity contribution in [1.82, 2.24) is 10.6 Å². The number of halogens is 1. The Hall–Kier alpha value is -0.770. The molecule has 2 heterocycles. The quantitative estimate of drug-likeness (QED) is 0.414. The largest absolute Gasteiger partial charge is 0.472 e. The second-order valence-electron chi connectivity index (χ2n) is 5.75. The molecule has 1 saturated heterocycles. The van der Waals surface area contributed by atoms with Crippen molar-refractivity contribution < 1.29 is 12.8 Å². The highest BCUT2D eigenvalue weighted by Crippen LogP contribution is 2.17. The van der Waals surface area contributed by atoms with Crippen molar-refractivity contribution in [3.8, 4) is 0 Å². The van der Waals surface area contributed by atoms with Crippen LogP contribution in [-0.2, 0) is 16.4 Å². The molecular weight excluding hydrogens is 417 g/mol. The fraction of sp³-hybridized carbons (Fsp3) is 0.643. The molecule has 0 aromatic carbocycles. The van der Waals surface area contributed by atoms with Crippen molar-refractivity contribution in [2.24, 2.45) is 10.9 Å². The predicted molar refractivity (Wildman–Crippen MR) is 98.3 cm³/mol. The standard InChI is InChI=1S/C14H23N3O3S.HI/c1-11(2)17-14(15-7-12-3-5-20-9-12)16-8-13-4-6-21(18,19)10-13;/h3,5,9,11,13H,4,6-8,10H2,1-2H3,(H2,15,16,17);1H. The molecule has 1 aromatic rings. The summed E-state index contributed by atoms with van der Waals surface area (Å²) < 4.78 is 27.9. The maximum Gasteiger partial charge on any atom is 0.191 e. The van der Waals surface area contributed by atoms with Crippen LogP contribution in [0.3, 0.4) is 0 Å². The van der Waals surface area contributed by atoms with Crippen LogP contribution in [0.1, 0.15) is 25.8 Å². The molecule has 0 aliphatic carbocycles. The van der Waals surface area contributed by atoms with Gasteiger partial charge in [-0.2, -0.15) is 0 Å². The molecule has 0 radical (unpaired) electrons.